The normalized spacial score (nSPS) is 12.4. The molecule has 0 saturated heterocycles. The lowest BCUT2D eigenvalue weighted by Gasteiger charge is -2.17. The standard InChI is InChI=1S/C17H28O/c1-5-6-7-8-9-11-14(2)16-13-10-12-15(3)17(16)18-4/h10,12-14H,5-9,11H2,1-4H3. The van der Waals surface area contributed by atoms with Gasteiger partial charge in [0, 0.05) is 0 Å². The summed E-state index contributed by atoms with van der Waals surface area (Å²) in [6.07, 6.45) is 8.05. The van der Waals surface area contributed by atoms with Crippen molar-refractivity contribution in [2.75, 3.05) is 7.11 Å². The fourth-order valence-electron chi connectivity index (χ4n) is 2.55. The second-order valence-corrected chi connectivity index (χ2v) is 5.30. The van der Waals surface area contributed by atoms with Gasteiger partial charge in [0.2, 0.25) is 0 Å². The highest BCUT2D eigenvalue weighted by molar-refractivity contribution is 5.42. The average molecular weight is 248 g/mol. The van der Waals surface area contributed by atoms with Crippen molar-refractivity contribution in [3.63, 3.8) is 0 Å². The summed E-state index contributed by atoms with van der Waals surface area (Å²) in [4.78, 5) is 0. The van der Waals surface area contributed by atoms with Crippen LogP contribution in [0.1, 0.15) is 69.4 Å². The topological polar surface area (TPSA) is 9.23 Å². The monoisotopic (exact) mass is 248 g/mol. The largest absolute Gasteiger partial charge is 0.496 e. The summed E-state index contributed by atoms with van der Waals surface area (Å²) in [5.74, 6) is 1.68. The van der Waals surface area contributed by atoms with Crippen molar-refractivity contribution in [3.05, 3.63) is 29.3 Å². The van der Waals surface area contributed by atoms with E-state index < -0.39 is 0 Å². The molecule has 0 radical (unpaired) electrons. The fourth-order valence-corrected chi connectivity index (χ4v) is 2.55. The summed E-state index contributed by atoms with van der Waals surface area (Å²) < 4.78 is 5.54. The van der Waals surface area contributed by atoms with Crippen LogP contribution in [-0.2, 0) is 0 Å². The molecule has 0 N–H and O–H groups in total. The summed E-state index contributed by atoms with van der Waals surface area (Å²) in [6, 6.07) is 6.47. The Labute approximate surface area is 113 Å². The first-order valence-corrected chi connectivity index (χ1v) is 7.34. The highest BCUT2D eigenvalue weighted by Gasteiger charge is 2.12. The summed E-state index contributed by atoms with van der Waals surface area (Å²) >= 11 is 0. The van der Waals surface area contributed by atoms with E-state index in [1.54, 1.807) is 7.11 Å². The second-order valence-electron chi connectivity index (χ2n) is 5.30. The zero-order chi connectivity index (χ0) is 13.4. The summed E-state index contributed by atoms with van der Waals surface area (Å²) in [5, 5.41) is 0. The van der Waals surface area contributed by atoms with Crippen LogP contribution in [0.5, 0.6) is 5.75 Å². The van der Waals surface area contributed by atoms with E-state index in [-0.39, 0.29) is 0 Å². The minimum Gasteiger partial charge on any atom is -0.496 e. The zero-order valence-electron chi connectivity index (χ0n) is 12.5. The van der Waals surface area contributed by atoms with Crippen molar-refractivity contribution in [2.24, 2.45) is 0 Å². The third-order valence-corrected chi connectivity index (χ3v) is 3.72. The van der Waals surface area contributed by atoms with Gasteiger partial charge in [-0.25, -0.2) is 0 Å². The van der Waals surface area contributed by atoms with Crippen LogP contribution in [0.4, 0.5) is 0 Å². The maximum Gasteiger partial charge on any atom is 0.125 e. The van der Waals surface area contributed by atoms with Crippen LogP contribution in [0.15, 0.2) is 18.2 Å². The Balaban J connectivity index is 2.50. The molecule has 0 aliphatic carbocycles. The Kier molecular flexibility index (Phi) is 6.85. The van der Waals surface area contributed by atoms with Crippen LogP contribution in [0, 0.1) is 6.92 Å². The highest BCUT2D eigenvalue weighted by Crippen LogP contribution is 2.32. The first-order chi connectivity index (χ1) is 8.70. The highest BCUT2D eigenvalue weighted by atomic mass is 16.5. The Morgan fingerprint density at radius 1 is 1.11 bits per heavy atom. The minimum absolute atomic E-state index is 0.599. The van der Waals surface area contributed by atoms with Crippen molar-refractivity contribution in [1.29, 1.82) is 0 Å². The Bertz CT molecular complexity index is 343. The molecule has 1 atom stereocenters. The minimum atomic E-state index is 0.599. The van der Waals surface area contributed by atoms with Gasteiger partial charge in [0.05, 0.1) is 7.11 Å². The van der Waals surface area contributed by atoms with Crippen molar-refractivity contribution in [2.45, 2.75) is 65.2 Å². The molecule has 102 valence electrons. The average Bonchev–Trinajstić information content (AvgIpc) is 2.38. The second kappa shape index (κ2) is 8.18. The molecule has 1 aromatic carbocycles. The molecule has 1 unspecified atom stereocenters. The molecule has 0 bridgehead atoms. The molecule has 18 heavy (non-hydrogen) atoms. The quantitative estimate of drug-likeness (QED) is 0.554. The molecule has 1 rings (SSSR count). The Hall–Kier alpha value is -0.980. The Morgan fingerprint density at radius 3 is 2.50 bits per heavy atom. The van der Waals surface area contributed by atoms with E-state index in [9.17, 15) is 0 Å². The lowest BCUT2D eigenvalue weighted by molar-refractivity contribution is 0.401. The third-order valence-electron chi connectivity index (χ3n) is 3.72. The van der Waals surface area contributed by atoms with E-state index in [0.29, 0.717) is 5.92 Å². The number of methoxy groups -OCH3 is 1. The van der Waals surface area contributed by atoms with Gasteiger partial charge in [-0.2, -0.15) is 0 Å². The number of unbranched alkanes of at least 4 members (excludes halogenated alkanes) is 4. The zero-order valence-corrected chi connectivity index (χ0v) is 12.5. The molecule has 1 aromatic rings. The van der Waals surface area contributed by atoms with Gasteiger partial charge < -0.3 is 4.74 Å². The number of benzene rings is 1. The first-order valence-electron chi connectivity index (χ1n) is 7.34. The van der Waals surface area contributed by atoms with E-state index >= 15 is 0 Å². The lowest BCUT2D eigenvalue weighted by Crippen LogP contribution is -1.99. The molecule has 0 amide bonds. The molecule has 1 nitrogen and oxygen atoms in total. The molecule has 0 fully saturated rings. The van der Waals surface area contributed by atoms with Crippen LogP contribution in [0.3, 0.4) is 0 Å². The first kappa shape index (κ1) is 15.1. The third kappa shape index (κ3) is 4.36. The van der Waals surface area contributed by atoms with Crippen molar-refractivity contribution in [3.8, 4) is 5.75 Å². The molecule has 0 aliphatic heterocycles. The van der Waals surface area contributed by atoms with Crippen LogP contribution in [-0.4, -0.2) is 7.11 Å². The van der Waals surface area contributed by atoms with E-state index in [0.717, 1.165) is 5.75 Å². The van der Waals surface area contributed by atoms with Crippen molar-refractivity contribution < 1.29 is 4.74 Å². The molecule has 0 heterocycles. The summed E-state index contributed by atoms with van der Waals surface area (Å²) in [5.41, 5.74) is 2.61. The SMILES string of the molecule is CCCCCCCC(C)c1cccc(C)c1OC. The van der Waals surface area contributed by atoms with Gasteiger partial charge in [-0.15, -0.1) is 0 Å². The van der Waals surface area contributed by atoms with Gasteiger partial charge in [-0.05, 0) is 30.4 Å². The van der Waals surface area contributed by atoms with Crippen molar-refractivity contribution in [1.82, 2.24) is 0 Å². The number of hydrogen-bond acceptors (Lipinski definition) is 1. The number of hydrogen-bond donors (Lipinski definition) is 0. The van der Waals surface area contributed by atoms with Crippen LogP contribution >= 0.6 is 0 Å². The van der Waals surface area contributed by atoms with E-state index in [1.165, 1.54) is 49.7 Å². The van der Waals surface area contributed by atoms with Gasteiger partial charge >= 0.3 is 0 Å². The molecule has 1 heteroatoms. The number of para-hydroxylation sites is 1. The molecule has 0 aliphatic rings. The summed E-state index contributed by atoms with van der Waals surface area (Å²) in [6.45, 7) is 6.70. The molecule has 0 spiro atoms. The van der Waals surface area contributed by atoms with E-state index in [4.69, 9.17) is 4.74 Å². The van der Waals surface area contributed by atoms with Gasteiger partial charge in [0.25, 0.3) is 0 Å². The van der Waals surface area contributed by atoms with Gasteiger partial charge in [-0.3, -0.25) is 0 Å². The van der Waals surface area contributed by atoms with Crippen LogP contribution in [0.25, 0.3) is 0 Å². The molecule has 0 aromatic heterocycles. The van der Waals surface area contributed by atoms with Gasteiger partial charge in [0.1, 0.15) is 5.75 Å². The summed E-state index contributed by atoms with van der Waals surface area (Å²) in [7, 11) is 1.78. The number of ether oxygens (including phenoxy) is 1. The van der Waals surface area contributed by atoms with Crippen LogP contribution in [0.2, 0.25) is 0 Å². The van der Waals surface area contributed by atoms with Crippen molar-refractivity contribution >= 4 is 0 Å². The Morgan fingerprint density at radius 2 is 1.83 bits per heavy atom. The smallest absolute Gasteiger partial charge is 0.125 e. The number of aryl methyl sites for hydroxylation is 1. The maximum absolute atomic E-state index is 5.54. The predicted molar refractivity (Wildman–Crippen MR) is 79.5 cm³/mol. The van der Waals surface area contributed by atoms with E-state index in [1.807, 2.05) is 0 Å². The van der Waals surface area contributed by atoms with Gasteiger partial charge in [-0.1, -0.05) is 64.2 Å². The van der Waals surface area contributed by atoms with Crippen LogP contribution < -0.4 is 4.74 Å². The lowest BCUT2D eigenvalue weighted by atomic mass is 9.92. The van der Waals surface area contributed by atoms with E-state index in [2.05, 4.69) is 39.0 Å². The predicted octanol–water partition coefficient (Wildman–Crippen LogP) is 5.47. The van der Waals surface area contributed by atoms with Gasteiger partial charge in [0.15, 0.2) is 0 Å². The molecule has 0 saturated carbocycles. The molecular formula is C17H28O. The number of rotatable bonds is 8. The molecular weight excluding hydrogens is 220 g/mol. The maximum atomic E-state index is 5.54. The fraction of sp³-hybridized carbons (Fsp3) is 0.647.